The highest BCUT2D eigenvalue weighted by molar-refractivity contribution is 5.82. The van der Waals surface area contributed by atoms with Crippen LogP contribution in [0.2, 0.25) is 0 Å². The molecule has 0 spiro atoms. The number of hydrogen-bond acceptors (Lipinski definition) is 2. The highest BCUT2D eigenvalue weighted by Crippen LogP contribution is 2.29. The largest absolute Gasteiger partial charge is 0.349 e. The van der Waals surface area contributed by atoms with Crippen LogP contribution < -0.4 is 10.6 Å². The first-order valence-electron chi connectivity index (χ1n) is 7.09. The van der Waals surface area contributed by atoms with Gasteiger partial charge < -0.3 is 10.6 Å². The van der Waals surface area contributed by atoms with Crippen LogP contribution >= 0.6 is 0 Å². The summed E-state index contributed by atoms with van der Waals surface area (Å²) < 4.78 is 0. The standard InChI is InChI=1S/C16H24N2O/c1-12-5-4-6-14(11-12)13(2)18-15(19)16(3)7-9-17-10-8-16/h4-6,11,13,17H,7-10H2,1-3H3,(H,18,19)/t13-/m0/s1. The minimum Gasteiger partial charge on any atom is -0.349 e. The number of piperidine rings is 1. The second-order valence-corrected chi connectivity index (χ2v) is 5.92. The van der Waals surface area contributed by atoms with Crippen LogP contribution in [0.4, 0.5) is 0 Å². The Bertz CT molecular complexity index is 450. The van der Waals surface area contributed by atoms with Gasteiger partial charge >= 0.3 is 0 Å². The maximum Gasteiger partial charge on any atom is 0.226 e. The molecule has 2 rings (SSSR count). The zero-order valence-corrected chi connectivity index (χ0v) is 12.1. The molecule has 2 N–H and O–H groups in total. The summed E-state index contributed by atoms with van der Waals surface area (Å²) in [6, 6.07) is 8.39. The van der Waals surface area contributed by atoms with Gasteiger partial charge in [-0.3, -0.25) is 4.79 Å². The molecule has 1 amide bonds. The molecular formula is C16H24N2O. The van der Waals surface area contributed by atoms with Crippen LogP contribution in [0.3, 0.4) is 0 Å². The van der Waals surface area contributed by atoms with E-state index in [1.807, 2.05) is 6.07 Å². The van der Waals surface area contributed by atoms with Gasteiger partial charge in [-0.15, -0.1) is 0 Å². The summed E-state index contributed by atoms with van der Waals surface area (Å²) in [5, 5.41) is 6.47. The van der Waals surface area contributed by atoms with E-state index in [1.165, 1.54) is 11.1 Å². The summed E-state index contributed by atoms with van der Waals surface area (Å²) >= 11 is 0. The molecule has 1 aromatic carbocycles. The summed E-state index contributed by atoms with van der Waals surface area (Å²) in [4.78, 5) is 12.4. The third kappa shape index (κ3) is 3.35. The molecular weight excluding hydrogens is 236 g/mol. The van der Waals surface area contributed by atoms with Crippen molar-refractivity contribution < 1.29 is 4.79 Å². The molecule has 19 heavy (non-hydrogen) atoms. The van der Waals surface area contributed by atoms with Crippen molar-refractivity contribution in [3.63, 3.8) is 0 Å². The van der Waals surface area contributed by atoms with E-state index in [0.717, 1.165) is 25.9 Å². The Kier molecular flexibility index (Phi) is 4.25. The van der Waals surface area contributed by atoms with Crippen LogP contribution in [0, 0.1) is 12.3 Å². The summed E-state index contributed by atoms with van der Waals surface area (Å²) in [7, 11) is 0. The lowest BCUT2D eigenvalue weighted by molar-refractivity contribution is -0.132. The van der Waals surface area contributed by atoms with E-state index < -0.39 is 0 Å². The van der Waals surface area contributed by atoms with Crippen LogP contribution in [-0.4, -0.2) is 19.0 Å². The Balaban J connectivity index is 2.02. The van der Waals surface area contributed by atoms with Crippen molar-refractivity contribution in [3.8, 4) is 0 Å². The maximum absolute atomic E-state index is 12.4. The van der Waals surface area contributed by atoms with Gasteiger partial charge in [0.15, 0.2) is 0 Å². The molecule has 1 saturated heterocycles. The second kappa shape index (κ2) is 5.74. The van der Waals surface area contributed by atoms with Crippen LogP contribution in [0.5, 0.6) is 0 Å². The quantitative estimate of drug-likeness (QED) is 0.877. The Morgan fingerprint density at radius 1 is 1.37 bits per heavy atom. The van der Waals surface area contributed by atoms with Gasteiger partial charge in [0.1, 0.15) is 0 Å². The minimum absolute atomic E-state index is 0.0686. The number of amides is 1. The number of aryl methyl sites for hydroxylation is 1. The zero-order valence-electron chi connectivity index (χ0n) is 12.1. The number of carbonyl (C=O) groups is 1. The highest BCUT2D eigenvalue weighted by Gasteiger charge is 2.35. The van der Waals surface area contributed by atoms with E-state index in [-0.39, 0.29) is 17.4 Å². The first-order chi connectivity index (χ1) is 9.01. The number of benzene rings is 1. The molecule has 1 heterocycles. The van der Waals surface area contributed by atoms with Crippen LogP contribution in [0.1, 0.15) is 43.9 Å². The zero-order chi connectivity index (χ0) is 13.9. The van der Waals surface area contributed by atoms with E-state index in [2.05, 4.69) is 49.6 Å². The smallest absolute Gasteiger partial charge is 0.226 e. The molecule has 3 heteroatoms. The molecule has 1 atom stereocenters. The molecule has 1 fully saturated rings. The van der Waals surface area contributed by atoms with E-state index in [9.17, 15) is 4.79 Å². The number of rotatable bonds is 3. The average Bonchev–Trinajstić information content (AvgIpc) is 2.39. The van der Waals surface area contributed by atoms with Gasteiger partial charge in [-0.25, -0.2) is 0 Å². The lowest BCUT2D eigenvalue weighted by Gasteiger charge is -2.33. The first-order valence-corrected chi connectivity index (χ1v) is 7.09. The van der Waals surface area contributed by atoms with Crippen molar-refractivity contribution in [1.82, 2.24) is 10.6 Å². The van der Waals surface area contributed by atoms with Crippen molar-refractivity contribution >= 4 is 5.91 Å². The number of hydrogen-bond donors (Lipinski definition) is 2. The predicted molar refractivity (Wildman–Crippen MR) is 77.9 cm³/mol. The Labute approximate surface area is 115 Å². The second-order valence-electron chi connectivity index (χ2n) is 5.92. The van der Waals surface area contributed by atoms with Gasteiger partial charge in [-0.05, 0) is 45.3 Å². The maximum atomic E-state index is 12.4. The molecule has 0 radical (unpaired) electrons. The van der Waals surface area contributed by atoms with Crippen LogP contribution in [0.25, 0.3) is 0 Å². The van der Waals surface area contributed by atoms with Crippen molar-refractivity contribution in [2.45, 2.75) is 39.7 Å². The molecule has 0 bridgehead atoms. The molecule has 0 saturated carbocycles. The normalized spacial score (nSPS) is 19.7. The lowest BCUT2D eigenvalue weighted by atomic mass is 9.80. The topological polar surface area (TPSA) is 41.1 Å². The van der Waals surface area contributed by atoms with Crippen LogP contribution in [-0.2, 0) is 4.79 Å². The Morgan fingerprint density at radius 2 is 2.05 bits per heavy atom. The van der Waals surface area contributed by atoms with Gasteiger partial charge in [0.25, 0.3) is 0 Å². The number of carbonyl (C=O) groups excluding carboxylic acids is 1. The summed E-state index contributed by atoms with van der Waals surface area (Å²) in [6.45, 7) is 8.07. The van der Waals surface area contributed by atoms with Crippen molar-refractivity contribution in [1.29, 1.82) is 0 Å². The van der Waals surface area contributed by atoms with Crippen molar-refractivity contribution in [3.05, 3.63) is 35.4 Å². The molecule has 1 aliphatic heterocycles. The molecule has 0 aliphatic carbocycles. The monoisotopic (exact) mass is 260 g/mol. The van der Waals surface area contributed by atoms with E-state index in [4.69, 9.17) is 0 Å². The SMILES string of the molecule is Cc1cccc([C@H](C)NC(=O)C2(C)CCNCC2)c1. The number of nitrogens with one attached hydrogen (secondary N) is 2. The average molecular weight is 260 g/mol. The van der Waals surface area contributed by atoms with E-state index in [1.54, 1.807) is 0 Å². The van der Waals surface area contributed by atoms with Crippen molar-refractivity contribution in [2.75, 3.05) is 13.1 Å². The molecule has 0 aromatic heterocycles. The van der Waals surface area contributed by atoms with Crippen molar-refractivity contribution in [2.24, 2.45) is 5.41 Å². The third-order valence-corrected chi connectivity index (χ3v) is 4.15. The van der Waals surface area contributed by atoms with Gasteiger partial charge in [-0.2, -0.15) is 0 Å². The fraction of sp³-hybridized carbons (Fsp3) is 0.562. The summed E-state index contributed by atoms with van der Waals surface area (Å²) in [5.41, 5.74) is 2.18. The fourth-order valence-corrected chi connectivity index (χ4v) is 2.60. The molecule has 0 unspecified atom stereocenters. The highest BCUT2D eigenvalue weighted by atomic mass is 16.2. The minimum atomic E-state index is -0.219. The van der Waals surface area contributed by atoms with E-state index >= 15 is 0 Å². The van der Waals surface area contributed by atoms with Gasteiger partial charge in [-0.1, -0.05) is 36.8 Å². The van der Waals surface area contributed by atoms with Gasteiger partial charge in [0.2, 0.25) is 5.91 Å². The molecule has 104 valence electrons. The predicted octanol–water partition coefficient (Wildman–Crippen LogP) is 2.56. The fourth-order valence-electron chi connectivity index (χ4n) is 2.60. The van der Waals surface area contributed by atoms with Gasteiger partial charge in [0.05, 0.1) is 6.04 Å². The Hall–Kier alpha value is -1.35. The van der Waals surface area contributed by atoms with E-state index in [0.29, 0.717) is 0 Å². The molecule has 3 nitrogen and oxygen atoms in total. The molecule has 1 aliphatic rings. The molecule has 1 aromatic rings. The Morgan fingerprint density at radius 3 is 2.68 bits per heavy atom. The summed E-state index contributed by atoms with van der Waals surface area (Å²) in [6.07, 6.45) is 1.83. The summed E-state index contributed by atoms with van der Waals surface area (Å²) in [5.74, 6) is 0.183. The lowest BCUT2D eigenvalue weighted by Crippen LogP contribution is -2.46. The van der Waals surface area contributed by atoms with Gasteiger partial charge in [0, 0.05) is 5.41 Å². The van der Waals surface area contributed by atoms with Crippen LogP contribution in [0.15, 0.2) is 24.3 Å². The third-order valence-electron chi connectivity index (χ3n) is 4.15. The first kappa shape index (κ1) is 14.1.